The van der Waals surface area contributed by atoms with E-state index >= 15 is 0 Å². The fourth-order valence-electron chi connectivity index (χ4n) is 2.82. The van der Waals surface area contributed by atoms with Crippen molar-refractivity contribution in [1.29, 1.82) is 0 Å². The van der Waals surface area contributed by atoms with Gasteiger partial charge in [-0.05, 0) is 33.7 Å². The summed E-state index contributed by atoms with van der Waals surface area (Å²) in [6.45, 7) is 1.11. The Kier molecular flexibility index (Phi) is 5.96. The Morgan fingerprint density at radius 3 is 2.54 bits per heavy atom. The summed E-state index contributed by atoms with van der Waals surface area (Å²) < 4.78 is 1.64. The Morgan fingerprint density at radius 2 is 1.88 bits per heavy atom. The van der Waals surface area contributed by atoms with E-state index in [0.717, 1.165) is 11.1 Å². The highest BCUT2D eigenvalue weighted by atomic mass is 35.5. The van der Waals surface area contributed by atoms with Crippen molar-refractivity contribution in [2.75, 3.05) is 7.05 Å². The number of halogens is 1. The van der Waals surface area contributed by atoms with E-state index in [4.69, 9.17) is 11.6 Å². The van der Waals surface area contributed by atoms with Gasteiger partial charge in [-0.2, -0.15) is 0 Å². The molecule has 0 aliphatic heterocycles. The summed E-state index contributed by atoms with van der Waals surface area (Å²) >= 11 is 5.99. The number of hydrogen-bond acceptors (Lipinski definition) is 4. The predicted octanol–water partition coefficient (Wildman–Crippen LogP) is 3.16. The number of nitrogens with zero attached hydrogens (tertiary/aromatic N) is 5. The number of carbonyl (C=O) groups is 1. The van der Waals surface area contributed by atoms with Crippen LogP contribution >= 0.6 is 11.6 Å². The summed E-state index contributed by atoms with van der Waals surface area (Å²) in [7, 11) is 1.82. The largest absolute Gasteiger partial charge is 0.341 e. The Bertz CT molecular complexity index is 821. The lowest BCUT2D eigenvalue weighted by atomic mass is 9.95. The average Bonchev–Trinajstić information content (AvgIpc) is 3.16. The highest BCUT2D eigenvalue weighted by Gasteiger charge is 2.20. The first kappa shape index (κ1) is 18.1. The molecule has 1 aromatic heterocycles. The molecule has 0 bridgehead atoms. The Morgan fingerprint density at radius 1 is 1.15 bits per heavy atom. The van der Waals surface area contributed by atoms with Crippen LogP contribution in [0.25, 0.3) is 0 Å². The number of tetrazole rings is 1. The van der Waals surface area contributed by atoms with Crippen LogP contribution < -0.4 is 0 Å². The van der Waals surface area contributed by atoms with Crippen molar-refractivity contribution in [2.45, 2.75) is 25.4 Å². The summed E-state index contributed by atoms with van der Waals surface area (Å²) in [6.07, 6.45) is 1.92. The first-order valence-corrected chi connectivity index (χ1v) is 8.74. The van der Waals surface area contributed by atoms with E-state index in [0.29, 0.717) is 24.5 Å². The predicted molar refractivity (Wildman–Crippen MR) is 99.5 cm³/mol. The summed E-state index contributed by atoms with van der Waals surface area (Å²) in [5, 5.41) is 11.9. The van der Waals surface area contributed by atoms with Gasteiger partial charge in [0.2, 0.25) is 5.91 Å². The third kappa shape index (κ3) is 4.89. The topological polar surface area (TPSA) is 63.9 Å². The summed E-state index contributed by atoms with van der Waals surface area (Å²) in [5.74, 6) is 0.0309. The minimum Gasteiger partial charge on any atom is -0.341 e. The number of carbonyl (C=O) groups excluding carboxylic acids is 1. The monoisotopic (exact) mass is 369 g/mol. The molecule has 1 amide bonds. The van der Waals surface area contributed by atoms with Gasteiger partial charge in [0.05, 0.1) is 6.54 Å². The van der Waals surface area contributed by atoms with Crippen LogP contribution in [0.2, 0.25) is 5.02 Å². The molecule has 0 aliphatic carbocycles. The molecule has 0 saturated heterocycles. The van der Waals surface area contributed by atoms with Gasteiger partial charge in [0.1, 0.15) is 6.33 Å². The molecule has 0 spiro atoms. The molecule has 0 fully saturated rings. The zero-order valence-corrected chi connectivity index (χ0v) is 15.3. The zero-order valence-electron chi connectivity index (χ0n) is 14.5. The number of aromatic nitrogens is 4. The number of hydrogen-bond donors (Lipinski definition) is 0. The Labute approximate surface area is 157 Å². The molecule has 0 N–H and O–H groups in total. The second kappa shape index (κ2) is 8.58. The molecule has 1 heterocycles. The van der Waals surface area contributed by atoms with Gasteiger partial charge in [-0.3, -0.25) is 4.79 Å². The van der Waals surface area contributed by atoms with Crippen molar-refractivity contribution in [3.63, 3.8) is 0 Å². The smallest absolute Gasteiger partial charge is 0.223 e. The van der Waals surface area contributed by atoms with Crippen molar-refractivity contribution < 1.29 is 4.79 Å². The minimum atomic E-state index is -0.0403. The highest BCUT2D eigenvalue weighted by Crippen LogP contribution is 2.24. The van der Waals surface area contributed by atoms with Crippen LogP contribution in [-0.2, 0) is 17.9 Å². The van der Waals surface area contributed by atoms with Gasteiger partial charge in [-0.25, -0.2) is 4.68 Å². The maximum atomic E-state index is 12.8. The Balaban J connectivity index is 1.71. The molecule has 0 radical (unpaired) electrons. The molecule has 7 heteroatoms. The summed E-state index contributed by atoms with van der Waals surface area (Å²) in [6, 6.07) is 17.5. The van der Waals surface area contributed by atoms with Crippen LogP contribution in [0.5, 0.6) is 0 Å². The van der Waals surface area contributed by atoms with E-state index in [1.807, 2.05) is 61.6 Å². The molecule has 0 aliphatic rings. The highest BCUT2D eigenvalue weighted by molar-refractivity contribution is 6.30. The standard InChI is InChI=1S/C19H20ClN5O/c1-24(12-15-5-3-2-4-6-15)19(26)11-17(13-25-14-21-22-23-25)16-7-9-18(20)10-8-16/h2-10,14,17H,11-13H2,1H3/t17-/m0/s1. The maximum Gasteiger partial charge on any atom is 0.223 e. The first-order chi connectivity index (χ1) is 12.6. The molecular weight excluding hydrogens is 350 g/mol. The lowest BCUT2D eigenvalue weighted by Gasteiger charge is -2.22. The number of amides is 1. The molecule has 3 aromatic rings. The van der Waals surface area contributed by atoms with Crippen molar-refractivity contribution in [1.82, 2.24) is 25.1 Å². The first-order valence-electron chi connectivity index (χ1n) is 8.36. The second-order valence-electron chi connectivity index (χ2n) is 6.22. The third-order valence-electron chi connectivity index (χ3n) is 4.25. The van der Waals surface area contributed by atoms with Gasteiger partial charge < -0.3 is 4.90 Å². The zero-order chi connectivity index (χ0) is 18.4. The van der Waals surface area contributed by atoms with Crippen molar-refractivity contribution >= 4 is 17.5 Å². The van der Waals surface area contributed by atoms with E-state index in [2.05, 4.69) is 15.5 Å². The minimum absolute atomic E-state index is 0.0403. The quantitative estimate of drug-likeness (QED) is 0.641. The van der Waals surface area contributed by atoms with Gasteiger partial charge in [-0.15, -0.1) is 5.10 Å². The van der Waals surface area contributed by atoms with E-state index in [9.17, 15) is 4.79 Å². The van der Waals surface area contributed by atoms with Crippen LogP contribution in [0.4, 0.5) is 0 Å². The van der Waals surface area contributed by atoms with Gasteiger partial charge in [0.25, 0.3) is 0 Å². The van der Waals surface area contributed by atoms with Crippen LogP contribution in [-0.4, -0.2) is 38.1 Å². The van der Waals surface area contributed by atoms with E-state index in [1.54, 1.807) is 15.9 Å². The van der Waals surface area contributed by atoms with Gasteiger partial charge in [0, 0.05) is 31.0 Å². The van der Waals surface area contributed by atoms with E-state index in [-0.39, 0.29) is 11.8 Å². The lowest BCUT2D eigenvalue weighted by Crippen LogP contribution is -2.28. The van der Waals surface area contributed by atoms with Crippen molar-refractivity contribution in [3.05, 3.63) is 77.1 Å². The van der Waals surface area contributed by atoms with Crippen LogP contribution in [0.15, 0.2) is 60.9 Å². The fourth-order valence-corrected chi connectivity index (χ4v) is 2.95. The lowest BCUT2D eigenvalue weighted by molar-refractivity contribution is -0.130. The SMILES string of the molecule is CN(Cc1ccccc1)C(=O)C[C@@H](Cn1cnnn1)c1ccc(Cl)cc1. The Hall–Kier alpha value is -2.73. The van der Waals surface area contributed by atoms with Gasteiger partial charge >= 0.3 is 0 Å². The molecule has 3 rings (SSSR count). The van der Waals surface area contributed by atoms with E-state index in [1.165, 1.54) is 0 Å². The summed E-state index contributed by atoms with van der Waals surface area (Å²) in [4.78, 5) is 14.5. The number of benzene rings is 2. The molecular formula is C19H20ClN5O. The van der Waals surface area contributed by atoms with E-state index < -0.39 is 0 Å². The molecule has 0 saturated carbocycles. The van der Waals surface area contributed by atoms with Gasteiger partial charge in [-0.1, -0.05) is 54.1 Å². The molecule has 134 valence electrons. The summed E-state index contributed by atoms with van der Waals surface area (Å²) in [5.41, 5.74) is 2.14. The van der Waals surface area contributed by atoms with Crippen molar-refractivity contribution in [3.8, 4) is 0 Å². The molecule has 26 heavy (non-hydrogen) atoms. The third-order valence-corrected chi connectivity index (χ3v) is 4.50. The second-order valence-corrected chi connectivity index (χ2v) is 6.66. The maximum absolute atomic E-state index is 12.8. The average molecular weight is 370 g/mol. The number of rotatable bonds is 7. The normalized spacial score (nSPS) is 11.9. The van der Waals surface area contributed by atoms with Gasteiger partial charge in [0.15, 0.2) is 0 Å². The molecule has 1 atom stereocenters. The fraction of sp³-hybridized carbons (Fsp3) is 0.263. The molecule has 0 unspecified atom stereocenters. The van der Waals surface area contributed by atoms with Crippen LogP contribution in [0.3, 0.4) is 0 Å². The molecule has 6 nitrogen and oxygen atoms in total. The molecule has 2 aromatic carbocycles. The van der Waals surface area contributed by atoms with Crippen LogP contribution in [0, 0.1) is 0 Å². The van der Waals surface area contributed by atoms with Crippen molar-refractivity contribution in [2.24, 2.45) is 0 Å². The van der Waals surface area contributed by atoms with Crippen LogP contribution in [0.1, 0.15) is 23.5 Å².